The van der Waals surface area contributed by atoms with E-state index in [9.17, 15) is 18.0 Å². The van der Waals surface area contributed by atoms with E-state index in [0.29, 0.717) is 17.7 Å². The fourth-order valence-electron chi connectivity index (χ4n) is 2.21. The van der Waals surface area contributed by atoms with Crippen molar-refractivity contribution in [1.82, 2.24) is 4.72 Å². The van der Waals surface area contributed by atoms with Crippen molar-refractivity contribution < 1.29 is 22.7 Å². The van der Waals surface area contributed by atoms with Crippen LogP contribution in [0.3, 0.4) is 0 Å². The van der Waals surface area contributed by atoms with Crippen molar-refractivity contribution in [2.24, 2.45) is 0 Å². The van der Waals surface area contributed by atoms with Gasteiger partial charge in [-0.3, -0.25) is 4.79 Å². The van der Waals surface area contributed by atoms with E-state index in [-0.39, 0.29) is 10.8 Å². The number of hydrogen-bond donors (Lipinski definition) is 2. The summed E-state index contributed by atoms with van der Waals surface area (Å²) in [5.41, 5.74) is 0.957. The molecular formula is C18H20N2O5S. The molecule has 1 atom stereocenters. The zero-order valence-corrected chi connectivity index (χ0v) is 15.2. The highest BCUT2D eigenvalue weighted by Crippen LogP contribution is 2.20. The van der Waals surface area contributed by atoms with Gasteiger partial charge in [-0.25, -0.2) is 13.2 Å². The van der Waals surface area contributed by atoms with Crippen LogP contribution in [0.2, 0.25) is 0 Å². The Morgan fingerprint density at radius 3 is 2.19 bits per heavy atom. The Bertz CT molecular complexity index is 864. The molecular weight excluding hydrogens is 356 g/mol. The van der Waals surface area contributed by atoms with E-state index in [1.807, 2.05) is 0 Å². The van der Waals surface area contributed by atoms with Gasteiger partial charge in [-0.2, -0.15) is 4.72 Å². The van der Waals surface area contributed by atoms with Gasteiger partial charge in [0.2, 0.25) is 15.9 Å². The lowest BCUT2D eigenvalue weighted by Crippen LogP contribution is -2.34. The van der Waals surface area contributed by atoms with E-state index in [2.05, 4.69) is 10.0 Å². The molecule has 0 bridgehead atoms. The Morgan fingerprint density at radius 1 is 1.04 bits per heavy atom. The Morgan fingerprint density at radius 2 is 1.65 bits per heavy atom. The molecule has 138 valence electrons. The molecule has 2 aromatic rings. The van der Waals surface area contributed by atoms with Gasteiger partial charge >= 0.3 is 5.97 Å². The number of amides is 1. The van der Waals surface area contributed by atoms with Crippen LogP contribution < -0.4 is 10.0 Å². The number of anilines is 1. The third-order valence-electron chi connectivity index (χ3n) is 3.61. The van der Waals surface area contributed by atoms with E-state index < -0.39 is 22.0 Å². The van der Waals surface area contributed by atoms with Crippen LogP contribution in [-0.2, 0) is 24.3 Å². The van der Waals surface area contributed by atoms with Crippen LogP contribution in [0.5, 0.6) is 0 Å². The minimum absolute atomic E-state index is 0.0307. The molecule has 0 aliphatic rings. The summed E-state index contributed by atoms with van der Waals surface area (Å²) < 4.78 is 32.3. The van der Waals surface area contributed by atoms with Gasteiger partial charge in [0.1, 0.15) is 6.04 Å². The number of methoxy groups -OCH3 is 1. The monoisotopic (exact) mass is 376 g/mol. The molecule has 26 heavy (non-hydrogen) atoms. The summed E-state index contributed by atoms with van der Waals surface area (Å²) in [6, 6.07) is 12.9. The van der Waals surface area contributed by atoms with Gasteiger partial charge in [0.15, 0.2) is 0 Å². The largest absolute Gasteiger partial charge is 0.468 e. The number of benzene rings is 2. The van der Waals surface area contributed by atoms with E-state index in [1.165, 1.54) is 31.4 Å². The zero-order chi connectivity index (χ0) is 19.2. The molecule has 1 amide bonds. The summed E-state index contributed by atoms with van der Waals surface area (Å²) in [5.74, 6) is -0.889. The fourth-order valence-corrected chi connectivity index (χ4v) is 3.38. The lowest BCUT2D eigenvalue weighted by Gasteiger charge is -2.17. The maximum atomic E-state index is 12.6. The first-order chi connectivity index (χ1) is 12.4. The molecule has 0 aliphatic heterocycles. The SMILES string of the molecule is CCC(=O)Nc1ccc(S(=O)(=O)NC(C(=O)OC)c2ccccc2)cc1. The first-order valence-corrected chi connectivity index (χ1v) is 9.40. The smallest absolute Gasteiger partial charge is 0.328 e. The Kier molecular flexibility index (Phi) is 6.48. The highest BCUT2D eigenvalue weighted by molar-refractivity contribution is 7.89. The van der Waals surface area contributed by atoms with E-state index >= 15 is 0 Å². The van der Waals surface area contributed by atoms with Crippen LogP contribution in [0.4, 0.5) is 5.69 Å². The number of ether oxygens (including phenoxy) is 1. The Labute approximate surface area is 152 Å². The number of esters is 1. The van der Waals surface area contributed by atoms with Crippen molar-refractivity contribution in [2.75, 3.05) is 12.4 Å². The molecule has 2 aromatic carbocycles. The second-order valence-corrected chi connectivity index (χ2v) is 7.13. The van der Waals surface area contributed by atoms with Crippen LogP contribution in [0.15, 0.2) is 59.5 Å². The van der Waals surface area contributed by atoms with E-state index in [4.69, 9.17) is 4.74 Å². The molecule has 0 spiro atoms. The third kappa shape index (κ3) is 4.90. The maximum Gasteiger partial charge on any atom is 0.328 e. The molecule has 8 heteroatoms. The maximum absolute atomic E-state index is 12.6. The number of nitrogens with one attached hydrogen (secondary N) is 2. The molecule has 0 aliphatic carbocycles. The summed E-state index contributed by atoms with van der Waals surface area (Å²) in [5, 5.41) is 2.64. The number of carbonyl (C=O) groups excluding carboxylic acids is 2. The number of sulfonamides is 1. The van der Waals surface area contributed by atoms with Gasteiger partial charge in [-0.1, -0.05) is 37.3 Å². The van der Waals surface area contributed by atoms with Gasteiger partial charge in [0.05, 0.1) is 12.0 Å². The van der Waals surface area contributed by atoms with Crippen molar-refractivity contribution in [1.29, 1.82) is 0 Å². The molecule has 1 unspecified atom stereocenters. The topological polar surface area (TPSA) is 102 Å². The van der Waals surface area contributed by atoms with Crippen molar-refractivity contribution in [3.63, 3.8) is 0 Å². The zero-order valence-electron chi connectivity index (χ0n) is 14.4. The minimum atomic E-state index is -3.98. The average molecular weight is 376 g/mol. The lowest BCUT2D eigenvalue weighted by atomic mass is 10.1. The van der Waals surface area contributed by atoms with Crippen LogP contribution in [0, 0.1) is 0 Å². The molecule has 0 fully saturated rings. The van der Waals surface area contributed by atoms with Crippen molar-refractivity contribution in [3.05, 3.63) is 60.2 Å². The third-order valence-corrected chi connectivity index (χ3v) is 5.05. The predicted molar refractivity (Wildman–Crippen MR) is 96.9 cm³/mol. The van der Waals surface area contributed by atoms with E-state index in [1.54, 1.807) is 37.3 Å². The van der Waals surface area contributed by atoms with Crippen LogP contribution in [0.1, 0.15) is 24.9 Å². The molecule has 0 radical (unpaired) electrons. The summed E-state index contributed by atoms with van der Waals surface area (Å²) in [7, 11) is -2.78. The van der Waals surface area contributed by atoms with Gasteiger partial charge in [-0.05, 0) is 29.8 Å². The highest BCUT2D eigenvalue weighted by atomic mass is 32.2. The highest BCUT2D eigenvalue weighted by Gasteiger charge is 2.27. The first-order valence-electron chi connectivity index (χ1n) is 7.92. The minimum Gasteiger partial charge on any atom is -0.468 e. The molecule has 2 N–H and O–H groups in total. The van der Waals surface area contributed by atoms with Gasteiger partial charge < -0.3 is 10.1 Å². The molecule has 0 saturated heterocycles. The number of rotatable bonds is 7. The van der Waals surface area contributed by atoms with E-state index in [0.717, 1.165) is 0 Å². The number of hydrogen-bond acceptors (Lipinski definition) is 5. The molecule has 7 nitrogen and oxygen atoms in total. The number of carbonyl (C=O) groups is 2. The van der Waals surface area contributed by atoms with Crippen molar-refractivity contribution >= 4 is 27.6 Å². The van der Waals surface area contributed by atoms with Gasteiger partial charge in [0.25, 0.3) is 0 Å². The van der Waals surface area contributed by atoms with Crippen molar-refractivity contribution in [3.8, 4) is 0 Å². The quantitative estimate of drug-likeness (QED) is 0.722. The molecule has 0 saturated carbocycles. The summed E-state index contributed by atoms with van der Waals surface area (Å²) in [6.07, 6.45) is 0.319. The Balaban J connectivity index is 2.25. The van der Waals surface area contributed by atoms with Crippen LogP contribution in [-0.4, -0.2) is 27.4 Å². The summed E-state index contributed by atoms with van der Waals surface area (Å²) in [4.78, 5) is 23.4. The standard InChI is InChI=1S/C18H20N2O5S/c1-3-16(21)19-14-9-11-15(12-10-14)26(23,24)20-17(18(22)25-2)13-7-5-4-6-8-13/h4-12,17,20H,3H2,1-2H3,(H,19,21). The average Bonchev–Trinajstić information content (AvgIpc) is 2.66. The first kappa shape index (κ1) is 19.6. The molecule has 0 aromatic heterocycles. The summed E-state index contributed by atoms with van der Waals surface area (Å²) >= 11 is 0. The molecule has 0 heterocycles. The van der Waals surface area contributed by atoms with Gasteiger partial charge in [-0.15, -0.1) is 0 Å². The van der Waals surface area contributed by atoms with Gasteiger partial charge in [0, 0.05) is 12.1 Å². The molecule has 2 rings (SSSR count). The predicted octanol–water partition coefficient (Wildman–Crippen LogP) is 2.23. The fraction of sp³-hybridized carbons (Fsp3) is 0.222. The lowest BCUT2D eigenvalue weighted by molar-refractivity contribution is -0.142. The van der Waals surface area contributed by atoms with Crippen LogP contribution >= 0.6 is 0 Å². The van der Waals surface area contributed by atoms with Crippen molar-refractivity contribution in [2.45, 2.75) is 24.3 Å². The normalized spacial score (nSPS) is 12.2. The second kappa shape index (κ2) is 8.59. The second-order valence-electron chi connectivity index (χ2n) is 5.41. The van der Waals surface area contributed by atoms with Crippen LogP contribution in [0.25, 0.3) is 0 Å². The summed E-state index contributed by atoms with van der Waals surface area (Å²) in [6.45, 7) is 1.72. The Hall–Kier alpha value is -2.71.